The first-order valence-electron chi connectivity index (χ1n) is 8.65. The van der Waals surface area contributed by atoms with Crippen molar-refractivity contribution >= 4 is 33.3 Å². The number of aromatic nitrogens is 2. The van der Waals surface area contributed by atoms with Crippen LogP contribution in [0.1, 0.15) is 43.0 Å². The Balaban J connectivity index is 1.59. The molecule has 1 saturated heterocycles. The molecule has 7 heteroatoms. The molecule has 1 aliphatic rings. The normalized spacial score (nSPS) is 15.0. The summed E-state index contributed by atoms with van der Waals surface area (Å²) in [5, 5.41) is 5.95. The Labute approximate surface area is 146 Å². The van der Waals surface area contributed by atoms with Crippen LogP contribution in [0.25, 0.3) is 10.2 Å². The number of carbonyl (C=O) groups excluding carboxylic acids is 1. The van der Waals surface area contributed by atoms with E-state index in [1.807, 2.05) is 6.92 Å². The molecule has 130 valence electrons. The van der Waals surface area contributed by atoms with E-state index in [2.05, 4.69) is 20.2 Å². The molecule has 1 N–H and O–H groups in total. The highest BCUT2D eigenvalue weighted by atomic mass is 32.1. The van der Waals surface area contributed by atoms with Crippen LogP contribution < -0.4 is 5.32 Å². The van der Waals surface area contributed by atoms with E-state index in [-0.39, 0.29) is 5.97 Å². The van der Waals surface area contributed by atoms with Gasteiger partial charge < -0.3 is 15.0 Å². The monoisotopic (exact) mass is 348 g/mol. The maximum atomic E-state index is 12.1. The van der Waals surface area contributed by atoms with Crippen molar-refractivity contribution in [2.45, 2.75) is 32.6 Å². The van der Waals surface area contributed by atoms with Crippen molar-refractivity contribution in [1.82, 2.24) is 14.9 Å². The summed E-state index contributed by atoms with van der Waals surface area (Å²) in [6, 6.07) is 0. The topological polar surface area (TPSA) is 67.3 Å². The van der Waals surface area contributed by atoms with E-state index in [0.29, 0.717) is 12.2 Å². The van der Waals surface area contributed by atoms with Gasteiger partial charge in [-0.3, -0.25) is 0 Å². The number of nitrogens with zero attached hydrogens (tertiary/aromatic N) is 3. The average Bonchev–Trinajstić information content (AvgIpc) is 3.24. The number of anilines is 1. The first-order chi connectivity index (χ1) is 11.8. The summed E-state index contributed by atoms with van der Waals surface area (Å²) in [7, 11) is 0. The molecule has 3 heterocycles. The molecule has 3 rings (SSSR count). The van der Waals surface area contributed by atoms with Crippen LogP contribution in [0.3, 0.4) is 0 Å². The fourth-order valence-electron chi connectivity index (χ4n) is 3.04. The number of ether oxygens (including phenoxy) is 1. The van der Waals surface area contributed by atoms with Crippen molar-refractivity contribution in [2.24, 2.45) is 0 Å². The number of nitrogens with one attached hydrogen (secondary N) is 1. The predicted octanol–water partition coefficient (Wildman–Crippen LogP) is 3.16. The van der Waals surface area contributed by atoms with Crippen LogP contribution in [0.2, 0.25) is 0 Å². The van der Waals surface area contributed by atoms with Gasteiger partial charge in [0.15, 0.2) is 0 Å². The minimum atomic E-state index is -0.310. The highest BCUT2D eigenvalue weighted by Crippen LogP contribution is 2.29. The number of thiophene rings is 1. The van der Waals surface area contributed by atoms with Gasteiger partial charge in [-0.1, -0.05) is 0 Å². The Morgan fingerprint density at radius 3 is 2.96 bits per heavy atom. The quantitative estimate of drug-likeness (QED) is 0.584. The van der Waals surface area contributed by atoms with Crippen LogP contribution in [-0.2, 0) is 4.74 Å². The largest absolute Gasteiger partial charge is 0.462 e. The maximum absolute atomic E-state index is 12.1. The van der Waals surface area contributed by atoms with E-state index in [0.717, 1.165) is 29.0 Å². The molecule has 0 saturated carbocycles. The molecule has 1 fully saturated rings. The van der Waals surface area contributed by atoms with Crippen molar-refractivity contribution < 1.29 is 9.53 Å². The molecule has 0 atom stereocenters. The van der Waals surface area contributed by atoms with Gasteiger partial charge in [0.2, 0.25) is 0 Å². The van der Waals surface area contributed by atoms with E-state index >= 15 is 0 Å². The van der Waals surface area contributed by atoms with E-state index in [1.165, 1.54) is 50.2 Å². The first kappa shape index (κ1) is 17.1. The van der Waals surface area contributed by atoms with Gasteiger partial charge >= 0.3 is 5.97 Å². The molecule has 1 aliphatic heterocycles. The van der Waals surface area contributed by atoms with Crippen LogP contribution in [0.5, 0.6) is 0 Å². The summed E-state index contributed by atoms with van der Waals surface area (Å²) in [4.78, 5) is 24.0. The van der Waals surface area contributed by atoms with E-state index in [1.54, 1.807) is 11.7 Å². The van der Waals surface area contributed by atoms with Crippen LogP contribution in [0, 0.1) is 0 Å². The number of hydrogen-bond donors (Lipinski definition) is 1. The Morgan fingerprint density at radius 2 is 2.17 bits per heavy atom. The van der Waals surface area contributed by atoms with Gasteiger partial charge in [0, 0.05) is 11.9 Å². The lowest BCUT2D eigenvalue weighted by molar-refractivity contribution is 0.0529. The standard InChI is InChI=1S/C17H24N4O2S/c1-2-23-17(22)13-11-24-16-14(13)15(19-12-20-16)18-7-3-4-8-21-9-5-6-10-21/h11-12H,2-10H2,1H3,(H,18,19,20). The zero-order chi connectivity index (χ0) is 16.8. The molecule has 0 bridgehead atoms. The summed E-state index contributed by atoms with van der Waals surface area (Å²) < 4.78 is 5.13. The van der Waals surface area contributed by atoms with Gasteiger partial charge in [0.05, 0.1) is 17.6 Å². The molecule has 0 amide bonds. The predicted molar refractivity (Wildman–Crippen MR) is 96.8 cm³/mol. The second-order valence-electron chi connectivity index (χ2n) is 5.95. The van der Waals surface area contributed by atoms with E-state index in [4.69, 9.17) is 4.74 Å². The van der Waals surface area contributed by atoms with Crippen molar-refractivity contribution in [2.75, 3.05) is 38.1 Å². The second-order valence-corrected chi connectivity index (χ2v) is 6.81. The van der Waals surface area contributed by atoms with Gasteiger partial charge in [-0.15, -0.1) is 11.3 Å². The molecule has 2 aromatic rings. The zero-order valence-corrected chi connectivity index (χ0v) is 14.9. The zero-order valence-electron chi connectivity index (χ0n) is 14.1. The second kappa shape index (κ2) is 8.39. The minimum Gasteiger partial charge on any atom is -0.462 e. The number of esters is 1. The lowest BCUT2D eigenvalue weighted by Crippen LogP contribution is -2.21. The molecule has 6 nitrogen and oxygen atoms in total. The lowest BCUT2D eigenvalue weighted by Gasteiger charge is -2.14. The highest BCUT2D eigenvalue weighted by Gasteiger charge is 2.18. The van der Waals surface area contributed by atoms with E-state index in [9.17, 15) is 4.79 Å². The Kier molecular flexibility index (Phi) is 5.98. The SMILES string of the molecule is CCOC(=O)c1csc2ncnc(NCCCCN3CCCC3)c12. The van der Waals surface area contributed by atoms with Crippen molar-refractivity contribution in [3.63, 3.8) is 0 Å². The fraction of sp³-hybridized carbons (Fsp3) is 0.588. The molecule has 24 heavy (non-hydrogen) atoms. The molecule has 0 aromatic carbocycles. The molecule has 0 aliphatic carbocycles. The van der Waals surface area contributed by atoms with Crippen LogP contribution in [0.15, 0.2) is 11.7 Å². The average molecular weight is 348 g/mol. The van der Waals surface area contributed by atoms with Crippen molar-refractivity contribution in [3.8, 4) is 0 Å². The molecular weight excluding hydrogens is 324 g/mol. The summed E-state index contributed by atoms with van der Waals surface area (Å²) in [6.07, 6.45) is 6.48. The van der Waals surface area contributed by atoms with Crippen LogP contribution >= 0.6 is 11.3 Å². The summed E-state index contributed by atoms with van der Waals surface area (Å²) in [6.45, 7) is 6.69. The summed E-state index contributed by atoms with van der Waals surface area (Å²) >= 11 is 1.44. The lowest BCUT2D eigenvalue weighted by atomic mass is 10.2. The number of rotatable bonds is 8. The molecule has 0 radical (unpaired) electrons. The van der Waals surface area contributed by atoms with Crippen LogP contribution in [0.4, 0.5) is 5.82 Å². The third-order valence-corrected chi connectivity index (χ3v) is 5.14. The van der Waals surface area contributed by atoms with Gasteiger partial charge in [-0.25, -0.2) is 14.8 Å². The Hall–Kier alpha value is -1.73. The number of unbranched alkanes of at least 4 members (excludes halogenated alkanes) is 1. The number of fused-ring (bicyclic) bond motifs is 1. The molecule has 2 aromatic heterocycles. The molecule has 0 unspecified atom stereocenters. The minimum absolute atomic E-state index is 0.310. The smallest absolute Gasteiger partial charge is 0.339 e. The summed E-state index contributed by atoms with van der Waals surface area (Å²) in [5.41, 5.74) is 0.553. The number of likely N-dealkylation sites (tertiary alicyclic amines) is 1. The maximum Gasteiger partial charge on any atom is 0.339 e. The van der Waals surface area contributed by atoms with Gasteiger partial charge in [-0.05, 0) is 52.2 Å². The van der Waals surface area contributed by atoms with Gasteiger partial charge in [-0.2, -0.15) is 0 Å². The van der Waals surface area contributed by atoms with Crippen molar-refractivity contribution in [1.29, 1.82) is 0 Å². The third kappa shape index (κ3) is 4.02. The Bertz CT molecular complexity index is 682. The molecular formula is C17H24N4O2S. The van der Waals surface area contributed by atoms with E-state index < -0.39 is 0 Å². The summed E-state index contributed by atoms with van der Waals surface area (Å²) in [5.74, 6) is 0.418. The molecule has 0 spiro atoms. The number of hydrogen-bond acceptors (Lipinski definition) is 7. The van der Waals surface area contributed by atoms with Crippen molar-refractivity contribution in [3.05, 3.63) is 17.3 Å². The van der Waals surface area contributed by atoms with Crippen LogP contribution in [-0.4, -0.2) is 53.6 Å². The van der Waals surface area contributed by atoms with Gasteiger partial charge in [0.25, 0.3) is 0 Å². The first-order valence-corrected chi connectivity index (χ1v) is 9.53. The van der Waals surface area contributed by atoms with Gasteiger partial charge in [0.1, 0.15) is 17.0 Å². The third-order valence-electron chi connectivity index (χ3n) is 4.26. The fourth-order valence-corrected chi connectivity index (χ4v) is 3.92. The highest BCUT2D eigenvalue weighted by molar-refractivity contribution is 7.17. The number of carbonyl (C=O) groups is 1. The Morgan fingerprint density at radius 1 is 1.33 bits per heavy atom.